The third kappa shape index (κ3) is 4.11. The van der Waals surface area contributed by atoms with E-state index in [0.29, 0.717) is 35.7 Å². The number of amides is 2. The Morgan fingerprint density at radius 1 is 1.13 bits per heavy atom. The number of benzene rings is 1. The van der Waals surface area contributed by atoms with Crippen LogP contribution < -0.4 is 4.90 Å². The number of hydrogen-bond donors (Lipinski definition) is 0. The van der Waals surface area contributed by atoms with E-state index in [0.717, 1.165) is 16.5 Å². The fraction of sp³-hybridized carbons (Fsp3) is 0.174. The minimum Gasteiger partial charge on any atom is -0.366 e. The number of likely N-dealkylation sites (N-methyl/N-ethyl adjacent to an activating group) is 1. The summed E-state index contributed by atoms with van der Waals surface area (Å²) in [6, 6.07) is 11.4. The first kappa shape index (κ1) is 21.2. The molecule has 0 fully saturated rings. The zero-order valence-corrected chi connectivity index (χ0v) is 18.3. The van der Waals surface area contributed by atoms with Gasteiger partial charge in [-0.2, -0.15) is 0 Å². The first-order valence-corrected chi connectivity index (χ1v) is 11.0. The molecule has 2 amide bonds. The van der Waals surface area contributed by atoms with Crippen LogP contribution in [0.2, 0.25) is 5.02 Å². The maximum atomic E-state index is 13.7. The molecular weight excluding hydrogens is 437 g/mol. The van der Waals surface area contributed by atoms with Crippen molar-refractivity contribution >= 4 is 46.0 Å². The maximum Gasteiger partial charge on any atom is 0.282 e. The molecule has 0 saturated heterocycles. The zero-order valence-electron chi connectivity index (χ0n) is 16.7. The Morgan fingerprint density at radius 3 is 2.55 bits per heavy atom. The number of carbonyl (C=O) groups excluding carboxylic acids is 2. The Hall–Kier alpha value is -3.03. The van der Waals surface area contributed by atoms with Gasteiger partial charge in [-0.1, -0.05) is 17.7 Å². The third-order valence-corrected chi connectivity index (χ3v) is 6.28. The number of pyridine rings is 1. The van der Waals surface area contributed by atoms with Gasteiger partial charge in [-0.05, 0) is 60.7 Å². The zero-order chi connectivity index (χ0) is 22.0. The number of aromatic nitrogens is 1. The Bertz CT molecular complexity index is 1150. The van der Waals surface area contributed by atoms with Gasteiger partial charge >= 0.3 is 0 Å². The first-order chi connectivity index (χ1) is 15.0. The smallest absolute Gasteiger partial charge is 0.282 e. The second-order valence-electron chi connectivity index (χ2n) is 6.93. The summed E-state index contributed by atoms with van der Waals surface area (Å²) in [4.78, 5) is 34.6. The average molecular weight is 456 g/mol. The first-order valence-electron chi connectivity index (χ1n) is 9.77. The molecule has 4 rings (SSSR count). The summed E-state index contributed by atoms with van der Waals surface area (Å²) in [5.74, 6) is -1.48. The fourth-order valence-electron chi connectivity index (χ4n) is 3.55. The highest BCUT2D eigenvalue weighted by Gasteiger charge is 2.42. The molecule has 1 aliphatic heterocycles. The lowest BCUT2D eigenvalue weighted by Gasteiger charge is -2.24. The van der Waals surface area contributed by atoms with E-state index in [-0.39, 0.29) is 10.7 Å². The Kier molecular flexibility index (Phi) is 6.15. The van der Waals surface area contributed by atoms with Crippen LogP contribution in [-0.2, 0) is 16.0 Å². The molecule has 158 valence electrons. The molecule has 5 nitrogen and oxygen atoms in total. The largest absolute Gasteiger partial charge is 0.366 e. The van der Waals surface area contributed by atoms with E-state index in [4.69, 9.17) is 11.6 Å². The van der Waals surface area contributed by atoms with Crippen molar-refractivity contribution < 1.29 is 14.0 Å². The van der Waals surface area contributed by atoms with E-state index < -0.39 is 17.6 Å². The van der Waals surface area contributed by atoms with Crippen LogP contribution >= 0.6 is 22.9 Å². The quantitative estimate of drug-likeness (QED) is 0.481. The van der Waals surface area contributed by atoms with Crippen LogP contribution in [0.3, 0.4) is 0 Å². The fourth-order valence-corrected chi connectivity index (χ4v) is 4.49. The number of nitrogens with zero attached hydrogens (tertiary/aromatic N) is 3. The highest BCUT2D eigenvalue weighted by atomic mass is 35.5. The molecule has 3 aromatic rings. The third-order valence-electron chi connectivity index (χ3n) is 5.11. The molecule has 2 aromatic heterocycles. The lowest BCUT2D eigenvalue weighted by Crippen LogP contribution is -2.36. The number of hydrogen-bond acceptors (Lipinski definition) is 5. The minimum absolute atomic E-state index is 0.144. The molecule has 0 bridgehead atoms. The van der Waals surface area contributed by atoms with Crippen LogP contribution in [0.5, 0.6) is 0 Å². The van der Waals surface area contributed by atoms with Crippen molar-refractivity contribution in [2.45, 2.75) is 13.3 Å². The van der Waals surface area contributed by atoms with Crippen LogP contribution in [0.25, 0.3) is 5.57 Å². The Balaban J connectivity index is 1.73. The van der Waals surface area contributed by atoms with Gasteiger partial charge in [0.1, 0.15) is 11.5 Å². The number of carbonyl (C=O) groups is 2. The maximum absolute atomic E-state index is 13.7. The summed E-state index contributed by atoms with van der Waals surface area (Å²) in [6.07, 6.45) is 4.15. The van der Waals surface area contributed by atoms with E-state index in [9.17, 15) is 14.0 Å². The van der Waals surface area contributed by atoms with Crippen LogP contribution in [0, 0.1) is 5.82 Å². The van der Waals surface area contributed by atoms with Gasteiger partial charge in [0.25, 0.3) is 11.8 Å². The highest BCUT2D eigenvalue weighted by Crippen LogP contribution is 2.37. The summed E-state index contributed by atoms with van der Waals surface area (Å²) in [6.45, 7) is 3.05. The van der Waals surface area contributed by atoms with Crippen molar-refractivity contribution in [3.8, 4) is 0 Å². The second-order valence-corrected chi connectivity index (χ2v) is 8.29. The molecule has 0 saturated carbocycles. The summed E-state index contributed by atoms with van der Waals surface area (Å²) in [5, 5.41) is 1.72. The van der Waals surface area contributed by atoms with Gasteiger partial charge in [0.05, 0.1) is 16.3 Å². The van der Waals surface area contributed by atoms with Crippen molar-refractivity contribution in [1.29, 1.82) is 0 Å². The van der Waals surface area contributed by atoms with Crippen molar-refractivity contribution in [3.63, 3.8) is 0 Å². The molecule has 0 atom stereocenters. The SMILES string of the molecule is CCN(CCc1ccncc1)C1=C(c2cccs2)C(=O)N(c2ccc(F)c(Cl)c2)C1=O. The van der Waals surface area contributed by atoms with Gasteiger partial charge in [-0.25, -0.2) is 9.29 Å². The van der Waals surface area contributed by atoms with E-state index >= 15 is 0 Å². The number of thiophene rings is 1. The highest BCUT2D eigenvalue weighted by molar-refractivity contribution is 7.11. The van der Waals surface area contributed by atoms with Crippen LogP contribution in [0.1, 0.15) is 17.4 Å². The lowest BCUT2D eigenvalue weighted by molar-refractivity contribution is -0.120. The van der Waals surface area contributed by atoms with Gasteiger partial charge in [0.2, 0.25) is 0 Å². The number of halogens is 2. The van der Waals surface area contributed by atoms with Crippen molar-refractivity contribution in [1.82, 2.24) is 9.88 Å². The van der Waals surface area contributed by atoms with Gasteiger partial charge in [0, 0.05) is 30.4 Å². The molecule has 31 heavy (non-hydrogen) atoms. The molecule has 3 heterocycles. The predicted molar refractivity (Wildman–Crippen MR) is 120 cm³/mol. The molecule has 0 aliphatic carbocycles. The van der Waals surface area contributed by atoms with E-state index in [1.807, 2.05) is 41.5 Å². The van der Waals surface area contributed by atoms with Crippen molar-refractivity contribution in [2.75, 3.05) is 18.0 Å². The summed E-state index contributed by atoms with van der Waals surface area (Å²) in [5.41, 5.74) is 2.04. The Labute approximate surface area is 188 Å². The molecule has 0 unspecified atom stereocenters. The van der Waals surface area contributed by atoms with Gasteiger partial charge < -0.3 is 4.90 Å². The molecule has 0 spiro atoms. The standard InChI is InChI=1S/C23H19ClFN3O2S/c1-2-27(12-9-15-7-10-26-11-8-15)21-20(19-4-3-13-31-19)22(29)28(23(21)30)16-5-6-18(25)17(24)14-16/h3-8,10-11,13-14H,2,9,12H2,1H3. The average Bonchev–Trinajstić information content (AvgIpc) is 3.38. The molecule has 0 radical (unpaired) electrons. The predicted octanol–water partition coefficient (Wildman–Crippen LogP) is 4.78. The van der Waals surface area contributed by atoms with Crippen LogP contribution in [0.4, 0.5) is 10.1 Å². The summed E-state index contributed by atoms with van der Waals surface area (Å²) >= 11 is 7.31. The molecule has 1 aliphatic rings. The number of rotatable bonds is 7. The molecule has 8 heteroatoms. The number of imide groups is 1. The minimum atomic E-state index is -0.608. The summed E-state index contributed by atoms with van der Waals surface area (Å²) < 4.78 is 13.7. The van der Waals surface area contributed by atoms with E-state index in [2.05, 4.69) is 4.98 Å². The van der Waals surface area contributed by atoms with Crippen LogP contribution in [0.15, 0.2) is 65.9 Å². The van der Waals surface area contributed by atoms with Gasteiger partial charge in [-0.3, -0.25) is 14.6 Å². The van der Waals surface area contributed by atoms with E-state index in [1.165, 1.54) is 23.5 Å². The second kappa shape index (κ2) is 8.99. The molecular formula is C23H19ClFN3O2S. The molecule has 1 aromatic carbocycles. The monoisotopic (exact) mass is 455 g/mol. The molecule has 0 N–H and O–H groups in total. The van der Waals surface area contributed by atoms with Gasteiger partial charge in [-0.15, -0.1) is 11.3 Å². The summed E-state index contributed by atoms with van der Waals surface area (Å²) in [7, 11) is 0. The van der Waals surface area contributed by atoms with Crippen molar-refractivity contribution in [3.05, 3.63) is 87.2 Å². The normalized spacial score (nSPS) is 14.0. The van der Waals surface area contributed by atoms with Crippen LogP contribution in [-0.4, -0.2) is 34.8 Å². The van der Waals surface area contributed by atoms with Gasteiger partial charge in [0.15, 0.2) is 0 Å². The Morgan fingerprint density at radius 2 is 1.90 bits per heavy atom. The number of anilines is 1. The topological polar surface area (TPSA) is 53.5 Å². The van der Waals surface area contributed by atoms with E-state index in [1.54, 1.807) is 12.4 Å². The van der Waals surface area contributed by atoms with Crippen molar-refractivity contribution in [2.24, 2.45) is 0 Å². The lowest BCUT2D eigenvalue weighted by atomic mass is 10.1.